The Bertz CT molecular complexity index is 1110. The molecule has 0 aliphatic heterocycles. The van der Waals surface area contributed by atoms with E-state index < -0.39 is 18.2 Å². The highest BCUT2D eigenvalue weighted by Crippen LogP contribution is 2.33. The molecule has 9 heteroatoms. The average Bonchev–Trinajstić information content (AvgIpc) is 2.96. The van der Waals surface area contributed by atoms with Gasteiger partial charge in [0.2, 0.25) is 0 Å². The topological polar surface area (TPSA) is 48.5 Å². The molecule has 0 spiro atoms. The van der Waals surface area contributed by atoms with Crippen molar-refractivity contribution < 1.29 is 17.9 Å². The summed E-state index contributed by atoms with van der Waals surface area (Å²) in [5.74, 6) is -1.43. The molecule has 0 aliphatic rings. The lowest BCUT2D eigenvalue weighted by atomic mass is 10.00. The van der Waals surface area contributed by atoms with Gasteiger partial charge in [0.05, 0.1) is 5.02 Å². The summed E-state index contributed by atoms with van der Waals surface area (Å²) in [5.41, 5.74) is 1.88. The van der Waals surface area contributed by atoms with Gasteiger partial charge in [-0.25, -0.2) is 8.91 Å². The first-order chi connectivity index (χ1) is 13.1. The smallest absolute Gasteiger partial charge is 0.387 e. The summed E-state index contributed by atoms with van der Waals surface area (Å²) in [7, 11) is 1.51. The second kappa shape index (κ2) is 7.50. The van der Waals surface area contributed by atoms with E-state index in [1.165, 1.54) is 16.1 Å². The fraction of sp³-hybridized carbons (Fsp3) is 0.368. The van der Waals surface area contributed by atoms with Gasteiger partial charge in [0.25, 0.3) is 5.56 Å². The third kappa shape index (κ3) is 3.37. The Morgan fingerprint density at radius 2 is 1.96 bits per heavy atom. The van der Waals surface area contributed by atoms with E-state index in [-0.39, 0.29) is 27.9 Å². The first-order valence-corrected chi connectivity index (χ1v) is 9.06. The van der Waals surface area contributed by atoms with Crippen molar-refractivity contribution in [2.45, 2.75) is 39.7 Å². The van der Waals surface area contributed by atoms with E-state index in [2.05, 4.69) is 9.84 Å². The number of nitrogens with zero attached hydrogens (tertiary/aromatic N) is 3. The van der Waals surface area contributed by atoms with Gasteiger partial charge < -0.3 is 4.74 Å². The number of aromatic nitrogens is 3. The van der Waals surface area contributed by atoms with Crippen LogP contribution in [0, 0.1) is 12.7 Å². The molecule has 0 amide bonds. The third-order valence-corrected chi connectivity index (χ3v) is 5.14. The molecule has 2 heterocycles. The van der Waals surface area contributed by atoms with Gasteiger partial charge in [-0.1, -0.05) is 25.4 Å². The van der Waals surface area contributed by atoms with E-state index in [0.29, 0.717) is 5.52 Å². The number of rotatable bonds is 5. The zero-order valence-corrected chi connectivity index (χ0v) is 16.5. The van der Waals surface area contributed by atoms with Crippen LogP contribution in [0.25, 0.3) is 16.9 Å². The molecule has 5 nitrogen and oxygen atoms in total. The molecule has 28 heavy (non-hydrogen) atoms. The fourth-order valence-corrected chi connectivity index (χ4v) is 3.37. The maximum absolute atomic E-state index is 14.2. The molecular formula is C19H19ClF3N3O2. The van der Waals surface area contributed by atoms with E-state index in [1.54, 1.807) is 0 Å². The lowest BCUT2D eigenvalue weighted by Gasteiger charge is -2.14. The zero-order valence-electron chi connectivity index (χ0n) is 15.8. The maximum atomic E-state index is 14.2. The standard InChI is InChI=1S/C19H19ClF3N3O2/c1-5-9(2)11-6-10(3)26-16(11)18(27)25(4)17(24-26)12-7-14(21)15(8-13(12)20)28-19(22)23/h6-9,19H,5H2,1-4H3. The normalized spacial score (nSPS) is 12.8. The second-order valence-corrected chi connectivity index (χ2v) is 7.05. The minimum absolute atomic E-state index is 0.0640. The number of fused-ring (bicyclic) bond motifs is 1. The van der Waals surface area contributed by atoms with E-state index in [9.17, 15) is 18.0 Å². The van der Waals surface area contributed by atoms with Crippen LogP contribution in [0.2, 0.25) is 5.02 Å². The Kier molecular flexibility index (Phi) is 5.43. The van der Waals surface area contributed by atoms with Crippen LogP contribution in [0.5, 0.6) is 5.75 Å². The van der Waals surface area contributed by atoms with Crippen LogP contribution < -0.4 is 10.3 Å². The van der Waals surface area contributed by atoms with Crippen LogP contribution in [0.4, 0.5) is 13.2 Å². The van der Waals surface area contributed by atoms with Crippen molar-refractivity contribution >= 4 is 17.1 Å². The van der Waals surface area contributed by atoms with E-state index in [4.69, 9.17) is 11.6 Å². The molecule has 1 aromatic carbocycles. The molecule has 1 unspecified atom stereocenters. The Morgan fingerprint density at radius 1 is 1.29 bits per heavy atom. The van der Waals surface area contributed by atoms with Crippen LogP contribution >= 0.6 is 11.6 Å². The molecule has 0 saturated heterocycles. The van der Waals surface area contributed by atoms with Crippen molar-refractivity contribution in [2.75, 3.05) is 0 Å². The summed E-state index contributed by atoms with van der Waals surface area (Å²) in [5, 5.41) is 4.41. The van der Waals surface area contributed by atoms with Gasteiger partial charge in [-0.2, -0.15) is 8.78 Å². The quantitative estimate of drug-likeness (QED) is 0.596. The monoisotopic (exact) mass is 413 g/mol. The molecular weight excluding hydrogens is 395 g/mol. The molecule has 0 N–H and O–H groups in total. The van der Waals surface area contributed by atoms with Gasteiger partial charge in [0.1, 0.15) is 5.52 Å². The average molecular weight is 414 g/mol. The van der Waals surface area contributed by atoms with Crippen LogP contribution in [0.1, 0.15) is 37.4 Å². The summed E-state index contributed by atoms with van der Waals surface area (Å²) >= 11 is 6.16. The van der Waals surface area contributed by atoms with Gasteiger partial charge in [-0.15, -0.1) is 5.10 Å². The highest BCUT2D eigenvalue weighted by molar-refractivity contribution is 6.33. The summed E-state index contributed by atoms with van der Waals surface area (Å²) in [6.07, 6.45) is 0.854. The Balaban J connectivity index is 2.26. The van der Waals surface area contributed by atoms with Gasteiger partial charge >= 0.3 is 6.61 Å². The lowest BCUT2D eigenvalue weighted by Crippen LogP contribution is -2.24. The molecule has 0 fully saturated rings. The van der Waals surface area contributed by atoms with Crippen LogP contribution in [0.15, 0.2) is 23.0 Å². The lowest BCUT2D eigenvalue weighted by molar-refractivity contribution is -0.0521. The SMILES string of the molecule is CCC(C)c1cc(C)n2nc(-c3cc(F)c(OC(F)F)cc3Cl)n(C)c(=O)c12. The predicted octanol–water partition coefficient (Wildman–Crippen LogP) is 4.92. The van der Waals surface area contributed by atoms with Crippen molar-refractivity contribution in [3.8, 4) is 17.1 Å². The fourth-order valence-electron chi connectivity index (χ4n) is 3.13. The molecule has 1 atom stereocenters. The first-order valence-electron chi connectivity index (χ1n) is 8.69. The number of aryl methyl sites for hydroxylation is 1. The molecule has 3 rings (SSSR count). The second-order valence-electron chi connectivity index (χ2n) is 6.64. The molecule has 150 valence electrons. The van der Waals surface area contributed by atoms with Crippen molar-refractivity contribution in [1.82, 2.24) is 14.2 Å². The molecule has 0 saturated carbocycles. The number of alkyl halides is 2. The summed E-state index contributed by atoms with van der Waals surface area (Å²) in [4.78, 5) is 13.0. The minimum Gasteiger partial charge on any atom is -0.432 e. The zero-order chi connectivity index (χ0) is 20.7. The number of hydrogen-bond acceptors (Lipinski definition) is 3. The number of hydrogen-bond donors (Lipinski definition) is 0. The van der Waals surface area contributed by atoms with E-state index >= 15 is 0 Å². The van der Waals surface area contributed by atoms with Crippen LogP contribution in [-0.4, -0.2) is 20.8 Å². The van der Waals surface area contributed by atoms with Gasteiger partial charge in [-0.05, 0) is 37.0 Å². The van der Waals surface area contributed by atoms with Crippen LogP contribution in [0.3, 0.4) is 0 Å². The van der Waals surface area contributed by atoms with E-state index in [1.807, 2.05) is 26.8 Å². The molecule has 3 aromatic rings. The highest BCUT2D eigenvalue weighted by Gasteiger charge is 2.22. The predicted molar refractivity (Wildman–Crippen MR) is 101 cm³/mol. The Hall–Kier alpha value is -2.48. The molecule has 0 radical (unpaired) electrons. The van der Waals surface area contributed by atoms with Crippen molar-refractivity contribution in [1.29, 1.82) is 0 Å². The molecule has 0 aliphatic carbocycles. The van der Waals surface area contributed by atoms with Gasteiger partial charge in [-0.3, -0.25) is 9.36 Å². The highest BCUT2D eigenvalue weighted by atomic mass is 35.5. The van der Waals surface area contributed by atoms with E-state index in [0.717, 1.165) is 29.8 Å². The van der Waals surface area contributed by atoms with Gasteiger partial charge in [0, 0.05) is 24.4 Å². The summed E-state index contributed by atoms with van der Waals surface area (Å²) < 4.78 is 45.9. The Labute approximate surface area is 164 Å². The number of benzene rings is 1. The third-order valence-electron chi connectivity index (χ3n) is 4.83. The maximum Gasteiger partial charge on any atom is 0.387 e. The van der Waals surface area contributed by atoms with Gasteiger partial charge in [0.15, 0.2) is 17.4 Å². The summed E-state index contributed by atoms with van der Waals surface area (Å²) in [6.45, 7) is 2.69. The van der Waals surface area contributed by atoms with Crippen LogP contribution in [-0.2, 0) is 7.05 Å². The molecule has 2 aromatic heterocycles. The van der Waals surface area contributed by atoms with Crippen molar-refractivity contribution in [3.63, 3.8) is 0 Å². The first kappa shape index (κ1) is 20.3. The Morgan fingerprint density at radius 3 is 2.57 bits per heavy atom. The molecule has 0 bridgehead atoms. The van der Waals surface area contributed by atoms with Crippen molar-refractivity contribution in [3.05, 3.63) is 50.7 Å². The largest absolute Gasteiger partial charge is 0.432 e. The van der Waals surface area contributed by atoms with Crippen molar-refractivity contribution in [2.24, 2.45) is 7.05 Å². The minimum atomic E-state index is -3.18. The number of ether oxygens (including phenoxy) is 1. The summed E-state index contributed by atoms with van der Waals surface area (Å²) in [6, 6.07) is 3.79. The number of halogens is 4.